The van der Waals surface area contributed by atoms with Crippen LogP contribution >= 0.6 is 0 Å². The zero-order valence-electron chi connectivity index (χ0n) is 12.6. The number of rotatable bonds is 7. The third-order valence-electron chi connectivity index (χ3n) is 3.34. The number of benzene rings is 2. The lowest BCUT2D eigenvalue weighted by molar-refractivity contribution is -0.000422. The van der Waals surface area contributed by atoms with Crippen LogP contribution in [0, 0.1) is 0 Å². The van der Waals surface area contributed by atoms with Gasteiger partial charge >= 0.3 is 0 Å². The van der Waals surface area contributed by atoms with Gasteiger partial charge in [0.15, 0.2) is 17.6 Å². The Morgan fingerprint density at radius 3 is 2.09 bits per heavy atom. The van der Waals surface area contributed by atoms with Crippen LogP contribution in [-0.2, 0) is 0 Å². The second-order valence-electron chi connectivity index (χ2n) is 4.71. The molecule has 2 rings (SSSR count). The molecule has 0 aliphatic carbocycles. The SMILES string of the molecule is COc1ccc([C@H](O)[C@@H](CO)Oc2ccccc2OC)cc1. The molecular weight excluding hydrogens is 284 g/mol. The van der Waals surface area contributed by atoms with E-state index >= 15 is 0 Å². The Morgan fingerprint density at radius 1 is 0.909 bits per heavy atom. The van der Waals surface area contributed by atoms with E-state index in [9.17, 15) is 10.2 Å². The molecule has 0 heterocycles. The second kappa shape index (κ2) is 7.68. The number of aliphatic hydroxyl groups excluding tert-OH is 2. The van der Waals surface area contributed by atoms with Gasteiger partial charge in [0.05, 0.1) is 20.8 Å². The van der Waals surface area contributed by atoms with Crippen LogP contribution in [0.25, 0.3) is 0 Å². The van der Waals surface area contributed by atoms with Crippen LogP contribution < -0.4 is 14.2 Å². The van der Waals surface area contributed by atoms with Gasteiger partial charge in [-0.25, -0.2) is 0 Å². The van der Waals surface area contributed by atoms with E-state index in [4.69, 9.17) is 14.2 Å². The molecule has 2 N–H and O–H groups in total. The van der Waals surface area contributed by atoms with Crippen molar-refractivity contribution >= 4 is 0 Å². The number of hydrogen-bond acceptors (Lipinski definition) is 5. The first kappa shape index (κ1) is 16.1. The summed E-state index contributed by atoms with van der Waals surface area (Å²) in [4.78, 5) is 0. The van der Waals surface area contributed by atoms with Gasteiger partial charge in [-0.05, 0) is 29.8 Å². The van der Waals surface area contributed by atoms with Gasteiger partial charge < -0.3 is 24.4 Å². The summed E-state index contributed by atoms with van der Waals surface area (Å²) in [6.45, 7) is -0.328. The minimum absolute atomic E-state index is 0.328. The summed E-state index contributed by atoms with van der Waals surface area (Å²) in [5, 5.41) is 19.9. The maximum absolute atomic E-state index is 10.4. The maximum atomic E-state index is 10.4. The minimum atomic E-state index is -0.971. The Kier molecular flexibility index (Phi) is 5.63. The standard InChI is InChI=1S/C17H20O5/c1-20-13-9-7-12(8-10-13)17(19)16(11-18)22-15-6-4-3-5-14(15)21-2/h3-10,16-19H,11H2,1-2H3/t16-,17+/m1/s1. The van der Waals surface area contributed by atoms with Crippen LogP contribution in [0.5, 0.6) is 17.2 Å². The highest BCUT2D eigenvalue weighted by Crippen LogP contribution is 2.30. The van der Waals surface area contributed by atoms with Gasteiger partial charge in [-0.3, -0.25) is 0 Å². The Hall–Kier alpha value is -2.24. The van der Waals surface area contributed by atoms with Gasteiger partial charge in [0.2, 0.25) is 0 Å². The molecule has 5 heteroatoms. The third-order valence-corrected chi connectivity index (χ3v) is 3.34. The molecule has 0 radical (unpaired) electrons. The molecule has 0 saturated carbocycles. The van der Waals surface area contributed by atoms with Crippen molar-refractivity contribution in [2.45, 2.75) is 12.2 Å². The fourth-order valence-corrected chi connectivity index (χ4v) is 2.10. The topological polar surface area (TPSA) is 68.2 Å². The monoisotopic (exact) mass is 304 g/mol. The van der Waals surface area contributed by atoms with Gasteiger partial charge in [0.1, 0.15) is 11.9 Å². The van der Waals surface area contributed by atoms with E-state index in [1.807, 2.05) is 6.07 Å². The van der Waals surface area contributed by atoms with Crippen LogP contribution in [0.3, 0.4) is 0 Å². The lowest BCUT2D eigenvalue weighted by Crippen LogP contribution is -2.29. The van der Waals surface area contributed by atoms with Gasteiger partial charge in [-0.1, -0.05) is 24.3 Å². The van der Waals surface area contributed by atoms with Crippen molar-refractivity contribution in [2.24, 2.45) is 0 Å². The van der Waals surface area contributed by atoms with Crippen molar-refractivity contribution in [3.63, 3.8) is 0 Å². The fraction of sp³-hybridized carbons (Fsp3) is 0.294. The average molecular weight is 304 g/mol. The molecule has 0 saturated heterocycles. The van der Waals surface area contributed by atoms with E-state index in [-0.39, 0.29) is 6.61 Å². The van der Waals surface area contributed by atoms with E-state index in [0.717, 1.165) is 0 Å². The zero-order valence-corrected chi connectivity index (χ0v) is 12.6. The van der Waals surface area contributed by atoms with Crippen LogP contribution in [0.4, 0.5) is 0 Å². The average Bonchev–Trinajstić information content (AvgIpc) is 2.59. The summed E-state index contributed by atoms with van der Waals surface area (Å²) in [5.41, 5.74) is 0.634. The van der Waals surface area contributed by atoms with Crippen molar-refractivity contribution < 1.29 is 24.4 Å². The Labute approximate surface area is 129 Å². The smallest absolute Gasteiger partial charge is 0.161 e. The predicted molar refractivity (Wildman–Crippen MR) is 82.4 cm³/mol. The van der Waals surface area contributed by atoms with E-state index in [1.165, 1.54) is 7.11 Å². The highest BCUT2D eigenvalue weighted by atomic mass is 16.5. The first-order chi connectivity index (χ1) is 10.7. The number of ether oxygens (including phenoxy) is 3. The van der Waals surface area contributed by atoms with Crippen molar-refractivity contribution in [1.29, 1.82) is 0 Å². The normalized spacial score (nSPS) is 13.3. The molecule has 0 bridgehead atoms. The van der Waals surface area contributed by atoms with Crippen LogP contribution in [-0.4, -0.2) is 37.1 Å². The largest absolute Gasteiger partial charge is 0.497 e. The molecule has 0 unspecified atom stereocenters. The van der Waals surface area contributed by atoms with Crippen LogP contribution in [0.1, 0.15) is 11.7 Å². The van der Waals surface area contributed by atoms with E-state index in [2.05, 4.69) is 0 Å². The Morgan fingerprint density at radius 2 is 1.55 bits per heavy atom. The van der Waals surface area contributed by atoms with Gasteiger partial charge in [0.25, 0.3) is 0 Å². The van der Waals surface area contributed by atoms with Crippen molar-refractivity contribution in [3.8, 4) is 17.2 Å². The molecular formula is C17H20O5. The molecule has 2 aromatic carbocycles. The van der Waals surface area contributed by atoms with Crippen molar-refractivity contribution in [1.82, 2.24) is 0 Å². The summed E-state index contributed by atoms with van der Waals surface area (Å²) in [6, 6.07) is 14.1. The summed E-state index contributed by atoms with van der Waals surface area (Å²) in [5.74, 6) is 1.71. The zero-order chi connectivity index (χ0) is 15.9. The van der Waals surface area contributed by atoms with Crippen molar-refractivity contribution in [3.05, 3.63) is 54.1 Å². The van der Waals surface area contributed by atoms with E-state index in [1.54, 1.807) is 49.6 Å². The molecule has 0 fully saturated rings. The Bertz CT molecular complexity index is 582. The highest BCUT2D eigenvalue weighted by Gasteiger charge is 2.23. The summed E-state index contributed by atoms with van der Waals surface area (Å²) >= 11 is 0. The third kappa shape index (κ3) is 3.69. The van der Waals surface area contributed by atoms with E-state index in [0.29, 0.717) is 22.8 Å². The maximum Gasteiger partial charge on any atom is 0.161 e. The Balaban J connectivity index is 2.15. The lowest BCUT2D eigenvalue weighted by atomic mass is 10.0. The van der Waals surface area contributed by atoms with Gasteiger partial charge in [-0.2, -0.15) is 0 Å². The molecule has 0 aromatic heterocycles. The molecule has 2 aromatic rings. The molecule has 2 atom stereocenters. The first-order valence-electron chi connectivity index (χ1n) is 6.92. The predicted octanol–water partition coefficient (Wildman–Crippen LogP) is 2.18. The molecule has 0 aliphatic heterocycles. The number of para-hydroxylation sites is 2. The molecule has 5 nitrogen and oxygen atoms in total. The molecule has 118 valence electrons. The van der Waals surface area contributed by atoms with Crippen LogP contribution in [0.15, 0.2) is 48.5 Å². The number of aliphatic hydroxyl groups is 2. The molecule has 0 amide bonds. The quantitative estimate of drug-likeness (QED) is 0.820. The summed E-state index contributed by atoms with van der Waals surface area (Å²) in [7, 11) is 3.11. The first-order valence-corrected chi connectivity index (χ1v) is 6.92. The second-order valence-corrected chi connectivity index (χ2v) is 4.71. The van der Waals surface area contributed by atoms with Gasteiger partial charge in [0, 0.05) is 0 Å². The minimum Gasteiger partial charge on any atom is -0.497 e. The highest BCUT2D eigenvalue weighted by molar-refractivity contribution is 5.39. The summed E-state index contributed by atoms with van der Waals surface area (Å²) in [6.07, 6.45) is -1.77. The van der Waals surface area contributed by atoms with E-state index < -0.39 is 12.2 Å². The molecule has 0 aliphatic rings. The van der Waals surface area contributed by atoms with Gasteiger partial charge in [-0.15, -0.1) is 0 Å². The fourth-order valence-electron chi connectivity index (χ4n) is 2.10. The molecule has 0 spiro atoms. The summed E-state index contributed by atoms with van der Waals surface area (Å²) < 4.78 is 16.0. The number of hydrogen-bond donors (Lipinski definition) is 2. The number of methoxy groups -OCH3 is 2. The van der Waals surface area contributed by atoms with Crippen LogP contribution in [0.2, 0.25) is 0 Å². The van der Waals surface area contributed by atoms with Crippen molar-refractivity contribution in [2.75, 3.05) is 20.8 Å². The molecule has 22 heavy (non-hydrogen) atoms. The lowest BCUT2D eigenvalue weighted by Gasteiger charge is -2.23.